The van der Waals surface area contributed by atoms with Crippen LogP contribution in [0.15, 0.2) is 41.4 Å². The SMILES string of the molecule is CC(C)(C)OC(=O)C1=C2C=CC=CN2C(=C=O)C1. The molecule has 2 aliphatic heterocycles. The van der Waals surface area contributed by atoms with Crippen LogP contribution < -0.4 is 0 Å². The number of allylic oxidation sites excluding steroid dienone is 4. The molecule has 94 valence electrons. The number of hydrogen-bond acceptors (Lipinski definition) is 4. The molecule has 2 heterocycles. The smallest absolute Gasteiger partial charge is 0.337 e. The Morgan fingerprint density at radius 3 is 2.72 bits per heavy atom. The van der Waals surface area contributed by atoms with Crippen molar-refractivity contribution >= 4 is 11.9 Å². The average molecular weight is 245 g/mol. The fourth-order valence-electron chi connectivity index (χ4n) is 1.87. The molecule has 0 atom stereocenters. The molecule has 2 aliphatic rings. The van der Waals surface area contributed by atoms with Gasteiger partial charge in [-0.1, -0.05) is 6.08 Å². The Kier molecular flexibility index (Phi) is 2.97. The number of rotatable bonds is 1. The first-order chi connectivity index (χ1) is 8.42. The van der Waals surface area contributed by atoms with Crippen LogP contribution in [0.2, 0.25) is 0 Å². The second-order valence-corrected chi connectivity index (χ2v) is 5.16. The summed E-state index contributed by atoms with van der Waals surface area (Å²) in [4.78, 5) is 24.6. The monoisotopic (exact) mass is 245 g/mol. The summed E-state index contributed by atoms with van der Waals surface area (Å²) >= 11 is 0. The molecule has 4 heteroatoms. The Morgan fingerprint density at radius 1 is 1.39 bits per heavy atom. The number of carbonyl (C=O) groups is 1. The fraction of sp³-hybridized carbons (Fsp3) is 0.357. The van der Waals surface area contributed by atoms with Gasteiger partial charge in [0, 0.05) is 12.6 Å². The van der Waals surface area contributed by atoms with Crippen molar-refractivity contribution in [2.75, 3.05) is 0 Å². The molecule has 0 fully saturated rings. The van der Waals surface area contributed by atoms with Crippen LogP contribution in [0.25, 0.3) is 0 Å². The summed E-state index contributed by atoms with van der Waals surface area (Å²) in [5.74, 6) is 1.49. The maximum absolute atomic E-state index is 12.1. The lowest BCUT2D eigenvalue weighted by Gasteiger charge is -2.20. The lowest BCUT2D eigenvalue weighted by molar-refractivity contribution is -0.149. The topological polar surface area (TPSA) is 46.6 Å². The number of carbonyl (C=O) groups excluding carboxylic acids is 2. The molecular weight excluding hydrogens is 230 g/mol. The summed E-state index contributed by atoms with van der Waals surface area (Å²) in [7, 11) is 0. The maximum Gasteiger partial charge on any atom is 0.337 e. The number of fused-ring (bicyclic) bond motifs is 1. The van der Waals surface area contributed by atoms with E-state index in [2.05, 4.69) is 0 Å². The molecule has 0 bridgehead atoms. The van der Waals surface area contributed by atoms with E-state index in [1.54, 1.807) is 23.3 Å². The first kappa shape index (κ1) is 12.4. The van der Waals surface area contributed by atoms with E-state index >= 15 is 0 Å². The van der Waals surface area contributed by atoms with Crippen LogP contribution in [0.3, 0.4) is 0 Å². The second-order valence-electron chi connectivity index (χ2n) is 5.16. The van der Waals surface area contributed by atoms with E-state index in [1.807, 2.05) is 32.8 Å². The van der Waals surface area contributed by atoms with E-state index in [0.717, 1.165) is 0 Å². The summed E-state index contributed by atoms with van der Waals surface area (Å²) in [5, 5.41) is 0. The molecule has 4 nitrogen and oxygen atoms in total. The zero-order valence-corrected chi connectivity index (χ0v) is 10.7. The van der Waals surface area contributed by atoms with Gasteiger partial charge in [-0.3, -0.25) is 0 Å². The van der Waals surface area contributed by atoms with Gasteiger partial charge in [-0.25, -0.2) is 9.59 Å². The number of ether oxygens (including phenoxy) is 1. The Hall–Kier alpha value is -2.06. The summed E-state index contributed by atoms with van der Waals surface area (Å²) < 4.78 is 5.34. The number of nitrogens with zero attached hydrogens (tertiary/aromatic N) is 1. The van der Waals surface area contributed by atoms with Crippen LogP contribution in [0.1, 0.15) is 27.2 Å². The summed E-state index contributed by atoms with van der Waals surface area (Å²) in [5.41, 5.74) is 1.09. The molecule has 0 N–H and O–H groups in total. The molecule has 0 radical (unpaired) electrons. The summed E-state index contributed by atoms with van der Waals surface area (Å²) in [6, 6.07) is 0. The second kappa shape index (κ2) is 4.31. The minimum atomic E-state index is -0.544. The molecule has 0 amide bonds. The molecule has 0 saturated carbocycles. The van der Waals surface area contributed by atoms with E-state index < -0.39 is 5.60 Å². The fourth-order valence-corrected chi connectivity index (χ4v) is 1.87. The quantitative estimate of drug-likeness (QED) is 0.524. The minimum absolute atomic E-state index is 0.266. The first-order valence-electron chi connectivity index (χ1n) is 5.77. The van der Waals surface area contributed by atoms with Gasteiger partial charge in [0.05, 0.1) is 11.3 Å². The van der Waals surface area contributed by atoms with E-state index in [9.17, 15) is 9.59 Å². The molecular formula is C14H15NO3. The van der Waals surface area contributed by atoms with Gasteiger partial charge in [-0.2, -0.15) is 0 Å². The van der Waals surface area contributed by atoms with E-state index in [1.165, 1.54) is 0 Å². The van der Waals surface area contributed by atoms with Crippen molar-refractivity contribution in [3.05, 3.63) is 41.4 Å². The van der Waals surface area contributed by atoms with Gasteiger partial charge in [-0.15, -0.1) is 0 Å². The van der Waals surface area contributed by atoms with Crippen molar-refractivity contribution in [1.29, 1.82) is 0 Å². The maximum atomic E-state index is 12.1. The summed E-state index contributed by atoms with van der Waals surface area (Å²) in [6.45, 7) is 5.45. The predicted octanol–water partition coefficient (Wildman–Crippen LogP) is 2.09. The Balaban J connectivity index is 2.33. The standard InChI is InChI=1S/C14H15NO3/c1-14(2,3)18-13(17)11-8-10(9-16)15-7-5-4-6-12(11)15/h4-7H,8H2,1-3H3. The normalized spacial score (nSPS) is 17.9. The Bertz CT molecular complexity index is 526. The van der Waals surface area contributed by atoms with Crippen LogP contribution in [0, 0.1) is 0 Å². The highest BCUT2D eigenvalue weighted by atomic mass is 16.6. The Morgan fingerprint density at radius 2 is 2.11 bits per heavy atom. The average Bonchev–Trinajstić information content (AvgIpc) is 2.65. The van der Waals surface area contributed by atoms with Gasteiger partial charge in [-0.05, 0) is 32.9 Å². The molecule has 0 spiro atoms. The van der Waals surface area contributed by atoms with E-state index in [0.29, 0.717) is 17.0 Å². The van der Waals surface area contributed by atoms with Crippen molar-refractivity contribution in [2.45, 2.75) is 32.8 Å². The van der Waals surface area contributed by atoms with Crippen LogP contribution in [0.5, 0.6) is 0 Å². The summed E-state index contributed by atoms with van der Waals surface area (Å²) in [6.07, 6.45) is 7.43. The van der Waals surface area contributed by atoms with Crippen molar-refractivity contribution in [1.82, 2.24) is 4.90 Å². The number of esters is 1. The van der Waals surface area contributed by atoms with Crippen LogP contribution in [-0.2, 0) is 14.3 Å². The van der Waals surface area contributed by atoms with Gasteiger partial charge in [0.15, 0.2) is 0 Å². The molecule has 0 saturated heterocycles. The van der Waals surface area contributed by atoms with Crippen molar-refractivity contribution in [3.63, 3.8) is 0 Å². The number of hydrogen-bond donors (Lipinski definition) is 0. The van der Waals surface area contributed by atoms with Crippen molar-refractivity contribution in [2.24, 2.45) is 0 Å². The highest BCUT2D eigenvalue weighted by molar-refractivity contribution is 5.92. The van der Waals surface area contributed by atoms with Gasteiger partial charge in [0.2, 0.25) is 0 Å². The van der Waals surface area contributed by atoms with Crippen molar-refractivity contribution in [3.8, 4) is 0 Å². The van der Waals surface area contributed by atoms with Crippen LogP contribution >= 0.6 is 0 Å². The molecule has 0 unspecified atom stereocenters. The molecule has 18 heavy (non-hydrogen) atoms. The third-order valence-electron chi connectivity index (χ3n) is 2.57. The van der Waals surface area contributed by atoms with E-state index in [-0.39, 0.29) is 12.4 Å². The molecule has 2 rings (SSSR count). The van der Waals surface area contributed by atoms with Gasteiger partial charge >= 0.3 is 5.97 Å². The zero-order chi connectivity index (χ0) is 13.3. The largest absolute Gasteiger partial charge is 0.457 e. The first-order valence-corrected chi connectivity index (χ1v) is 5.77. The van der Waals surface area contributed by atoms with Gasteiger partial charge in [0.25, 0.3) is 0 Å². The zero-order valence-electron chi connectivity index (χ0n) is 10.7. The molecule has 0 aromatic carbocycles. The van der Waals surface area contributed by atoms with Crippen LogP contribution in [-0.4, -0.2) is 22.4 Å². The van der Waals surface area contributed by atoms with Gasteiger partial charge in [0.1, 0.15) is 17.2 Å². The van der Waals surface area contributed by atoms with E-state index in [4.69, 9.17) is 4.74 Å². The molecule has 0 aromatic heterocycles. The van der Waals surface area contributed by atoms with Crippen LogP contribution in [0.4, 0.5) is 0 Å². The predicted molar refractivity (Wildman–Crippen MR) is 66.8 cm³/mol. The molecule has 0 aliphatic carbocycles. The minimum Gasteiger partial charge on any atom is -0.457 e. The highest BCUT2D eigenvalue weighted by Gasteiger charge is 2.32. The highest BCUT2D eigenvalue weighted by Crippen LogP contribution is 2.34. The third kappa shape index (κ3) is 2.29. The Labute approximate surface area is 106 Å². The lowest BCUT2D eigenvalue weighted by atomic mass is 10.1. The van der Waals surface area contributed by atoms with Gasteiger partial charge < -0.3 is 9.64 Å². The third-order valence-corrected chi connectivity index (χ3v) is 2.57. The van der Waals surface area contributed by atoms with Crippen molar-refractivity contribution < 1.29 is 14.3 Å². The lowest BCUT2D eigenvalue weighted by Crippen LogP contribution is -2.25. The molecule has 0 aromatic rings.